The molecule has 0 bridgehead atoms. The molecule has 20 heavy (non-hydrogen) atoms. The molecular formula is C16H16F3N. The zero-order valence-corrected chi connectivity index (χ0v) is 11.4. The van der Waals surface area contributed by atoms with Crippen molar-refractivity contribution < 1.29 is 13.2 Å². The zero-order valence-electron chi connectivity index (χ0n) is 11.4. The standard InChI is InChI=1S/C16H16F3N/c1-10-7-12(3-5-14(10)17)9-20-11(2)13-4-6-15(18)16(19)8-13/h3-8,11,20H,9H2,1-2H3. The summed E-state index contributed by atoms with van der Waals surface area (Å²) in [5, 5.41) is 3.20. The minimum atomic E-state index is -0.853. The van der Waals surface area contributed by atoms with Crippen LogP contribution in [0.4, 0.5) is 13.2 Å². The molecule has 0 spiro atoms. The molecule has 0 aromatic heterocycles. The van der Waals surface area contributed by atoms with Gasteiger partial charge in [-0.15, -0.1) is 0 Å². The molecular weight excluding hydrogens is 263 g/mol. The lowest BCUT2D eigenvalue weighted by Gasteiger charge is -2.15. The summed E-state index contributed by atoms with van der Waals surface area (Å²) >= 11 is 0. The van der Waals surface area contributed by atoms with Crippen molar-refractivity contribution in [2.45, 2.75) is 26.4 Å². The molecule has 0 aliphatic heterocycles. The first-order valence-electron chi connectivity index (χ1n) is 6.40. The Morgan fingerprint density at radius 1 is 0.950 bits per heavy atom. The smallest absolute Gasteiger partial charge is 0.159 e. The fraction of sp³-hybridized carbons (Fsp3) is 0.250. The molecule has 0 saturated heterocycles. The van der Waals surface area contributed by atoms with Crippen molar-refractivity contribution in [3.8, 4) is 0 Å². The van der Waals surface area contributed by atoms with E-state index in [0.717, 1.165) is 11.6 Å². The molecule has 1 atom stereocenters. The lowest BCUT2D eigenvalue weighted by Crippen LogP contribution is -2.18. The predicted molar refractivity (Wildman–Crippen MR) is 72.7 cm³/mol. The Bertz CT molecular complexity index is 611. The van der Waals surface area contributed by atoms with E-state index >= 15 is 0 Å². The molecule has 0 amide bonds. The van der Waals surface area contributed by atoms with Crippen molar-refractivity contribution in [1.82, 2.24) is 5.32 Å². The second-order valence-electron chi connectivity index (χ2n) is 4.86. The molecule has 0 radical (unpaired) electrons. The summed E-state index contributed by atoms with van der Waals surface area (Å²) in [7, 11) is 0. The minimum absolute atomic E-state index is 0.129. The number of aryl methyl sites for hydroxylation is 1. The van der Waals surface area contributed by atoms with Gasteiger partial charge in [-0.2, -0.15) is 0 Å². The van der Waals surface area contributed by atoms with Crippen LogP contribution in [0.5, 0.6) is 0 Å². The average molecular weight is 279 g/mol. The summed E-state index contributed by atoms with van der Waals surface area (Å²) in [6.07, 6.45) is 0. The Kier molecular flexibility index (Phi) is 4.45. The zero-order chi connectivity index (χ0) is 14.7. The van der Waals surface area contributed by atoms with E-state index in [-0.39, 0.29) is 11.9 Å². The summed E-state index contributed by atoms with van der Waals surface area (Å²) in [4.78, 5) is 0. The SMILES string of the molecule is Cc1cc(CNC(C)c2ccc(F)c(F)c2)ccc1F. The predicted octanol–water partition coefficient (Wildman–Crippen LogP) is 4.26. The number of hydrogen-bond donors (Lipinski definition) is 1. The highest BCUT2D eigenvalue weighted by molar-refractivity contribution is 5.25. The number of hydrogen-bond acceptors (Lipinski definition) is 1. The van der Waals surface area contributed by atoms with E-state index in [1.54, 1.807) is 25.1 Å². The number of nitrogens with one attached hydrogen (secondary N) is 1. The van der Waals surface area contributed by atoms with Crippen LogP contribution in [-0.4, -0.2) is 0 Å². The normalized spacial score (nSPS) is 12.4. The Labute approximate surface area is 116 Å². The van der Waals surface area contributed by atoms with Crippen molar-refractivity contribution in [3.05, 3.63) is 70.5 Å². The maximum absolute atomic E-state index is 13.2. The van der Waals surface area contributed by atoms with E-state index in [0.29, 0.717) is 17.7 Å². The highest BCUT2D eigenvalue weighted by atomic mass is 19.2. The summed E-state index contributed by atoms with van der Waals surface area (Å²) in [5.41, 5.74) is 2.20. The second kappa shape index (κ2) is 6.09. The monoisotopic (exact) mass is 279 g/mol. The van der Waals surface area contributed by atoms with Gasteiger partial charge in [-0.25, -0.2) is 13.2 Å². The van der Waals surface area contributed by atoms with Gasteiger partial charge in [-0.3, -0.25) is 0 Å². The molecule has 2 aromatic carbocycles. The molecule has 0 aliphatic rings. The Morgan fingerprint density at radius 3 is 2.30 bits per heavy atom. The maximum Gasteiger partial charge on any atom is 0.159 e. The van der Waals surface area contributed by atoms with Crippen molar-refractivity contribution in [2.24, 2.45) is 0 Å². The first-order valence-corrected chi connectivity index (χ1v) is 6.40. The van der Waals surface area contributed by atoms with Gasteiger partial charge in [-0.1, -0.05) is 18.2 Å². The Balaban J connectivity index is 2.02. The first-order chi connectivity index (χ1) is 9.47. The van der Waals surface area contributed by atoms with Crippen molar-refractivity contribution in [2.75, 3.05) is 0 Å². The van der Waals surface area contributed by atoms with E-state index in [1.807, 2.05) is 6.92 Å². The van der Waals surface area contributed by atoms with E-state index in [4.69, 9.17) is 0 Å². The van der Waals surface area contributed by atoms with Gasteiger partial charge in [0.05, 0.1) is 0 Å². The molecule has 2 aromatic rings. The van der Waals surface area contributed by atoms with Crippen LogP contribution < -0.4 is 5.32 Å². The summed E-state index contributed by atoms with van der Waals surface area (Å²) in [6.45, 7) is 4.10. The number of benzene rings is 2. The van der Waals surface area contributed by atoms with Crippen LogP contribution in [0, 0.1) is 24.4 Å². The molecule has 0 aliphatic carbocycles. The minimum Gasteiger partial charge on any atom is -0.306 e. The van der Waals surface area contributed by atoms with Gasteiger partial charge >= 0.3 is 0 Å². The lowest BCUT2D eigenvalue weighted by atomic mass is 10.1. The second-order valence-corrected chi connectivity index (χ2v) is 4.86. The van der Waals surface area contributed by atoms with E-state index in [9.17, 15) is 13.2 Å². The van der Waals surface area contributed by atoms with Crippen molar-refractivity contribution in [3.63, 3.8) is 0 Å². The van der Waals surface area contributed by atoms with Crippen LogP contribution in [-0.2, 0) is 6.54 Å². The van der Waals surface area contributed by atoms with Gasteiger partial charge in [0.1, 0.15) is 5.82 Å². The summed E-state index contributed by atoms with van der Waals surface area (Å²) in [5.74, 6) is -1.94. The topological polar surface area (TPSA) is 12.0 Å². The van der Waals surface area contributed by atoms with Crippen LogP contribution in [0.1, 0.15) is 29.7 Å². The number of rotatable bonds is 4. The van der Waals surface area contributed by atoms with Crippen LogP contribution in [0.2, 0.25) is 0 Å². The molecule has 0 heterocycles. The largest absolute Gasteiger partial charge is 0.306 e. The van der Waals surface area contributed by atoms with Crippen LogP contribution in [0.15, 0.2) is 36.4 Å². The van der Waals surface area contributed by atoms with E-state index in [1.165, 1.54) is 12.1 Å². The Hall–Kier alpha value is -1.81. The molecule has 2 rings (SSSR count). The molecule has 1 N–H and O–H groups in total. The summed E-state index contributed by atoms with van der Waals surface area (Å²) in [6, 6.07) is 8.61. The molecule has 106 valence electrons. The van der Waals surface area contributed by atoms with Crippen molar-refractivity contribution in [1.29, 1.82) is 0 Å². The average Bonchev–Trinajstić information content (AvgIpc) is 2.43. The molecule has 1 unspecified atom stereocenters. The fourth-order valence-corrected chi connectivity index (χ4v) is 1.99. The van der Waals surface area contributed by atoms with E-state index < -0.39 is 11.6 Å². The van der Waals surface area contributed by atoms with E-state index in [2.05, 4.69) is 5.32 Å². The highest BCUT2D eigenvalue weighted by Gasteiger charge is 2.09. The summed E-state index contributed by atoms with van der Waals surface area (Å²) < 4.78 is 39.2. The van der Waals surface area contributed by atoms with Gasteiger partial charge in [0.25, 0.3) is 0 Å². The van der Waals surface area contributed by atoms with Crippen LogP contribution in [0.25, 0.3) is 0 Å². The fourth-order valence-electron chi connectivity index (χ4n) is 1.99. The third-order valence-electron chi connectivity index (χ3n) is 3.28. The quantitative estimate of drug-likeness (QED) is 0.881. The molecule has 1 nitrogen and oxygen atoms in total. The van der Waals surface area contributed by atoms with Crippen LogP contribution >= 0.6 is 0 Å². The van der Waals surface area contributed by atoms with Gasteiger partial charge in [-0.05, 0) is 48.7 Å². The first kappa shape index (κ1) is 14.6. The Morgan fingerprint density at radius 2 is 1.65 bits per heavy atom. The van der Waals surface area contributed by atoms with Gasteiger partial charge in [0, 0.05) is 12.6 Å². The maximum atomic E-state index is 13.2. The third kappa shape index (κ3) is 3.39. The molecule has 0 saturated carbocycles. The third-order valence-corrected chi connectivity index (χ3v) is 3.28. The molecule has 0 fully saturated rings. The highest BCUT2D eigenvalue weighted by Crippen LogP contribution is 2.17. The van der Waals surface area contributed by atoms with Crippen LogP contribution in [0.3, 0.4) is 0 Å². The lowest BCUT2D eigenvalue weighted by molar-refractivity contribution is 0.500. The van der Waals surface area contributed by atoms with Gasteiger partial charge in [0.15, 0.2) is 11.6 Å². The van der Waals surface area contributed by atoms with Gasteiger partial charge < -0.3 is 5.32 Å². The molecule has 4 heteroatoms. The van der Waals surface area contributed by atoms with Gasteiger partial charge in [0.2, 0.25) is 0 Å². The van der Waals surface area contributed by atoms with Crippen molar-refractivity contribution >= 4 is 0 Å². The number of halogens is 3.